The number of rotatable bonds is 7. The Labute approximate surface area is 120 Å². The highest BCUT2D eigenvalue weighted by atomic mass is 79.9. The summed E-state index contributed by atoms with van der Waals surface area (Å²) < 4.78 is 26.2. The smallest absolute Gasteiger partial charge is 0.251 e. The minimum absolute atomic E-state index is 0.165. The van der Waals surface area contributed by atoms with Crippen molar-refractivity contribution in [2.75, 3.05) is 19.7 Å². The van der Waals surface area contributed by atoms with Gasteiger partial charge >= 0.3 is 0 Å². The maximum atomic E-state index is 12.7. The lowest BCUT2D eigenvalue weighted by Crippen LogP contribution is -2.43. The molecule has 0 fully saturated rings. The molecule has 3 N–H and O–H groups in total. The largest absolute Gasteiger partial charge is 0.395 e. The number of alkyl halides is 2. The van der Waals surface area contributed by atoms with Gasteiger partial charge in [0.1, 0.15) is 0 Å². The maximum absolute atomic E-state index is 12.7. The number of aliphatic hydroxyl groups is 1. The SMILES string of the molecule is CC(N)C(c1ccccc1Br)N(CCO)CC(F)F. The number of nitrogens with two attached hydrogens (primary N) is 1. The average Bonchev–Trinajstić information content (AvgIpc) is 2.31. The second-order valence-corrected chi connectivity index (χ2v) is 5.29. The van der Waals surface area contributed by atoms with Crippen LogP contribution in [-0.2, 0) is 0 Å². The molecule has 0 bridgehead atoms. The molecular weight excluding hydrogens is 318 g/mol. The molecule has 0 aliphatic heterocycles. The van der Waals surface area contributed by atoms with Gasteiger partial charge in [-0.15, -0.1) is 0 Å². The molecule has 1 rings (SSSR count). The second kappa shape index (κ2) is 7.89. The fourth-order valence-electron chi connectivity index (χ4n) is 2.18. The quantitative estimate of drug-likeness (QED) is 0.803. The number of benzene rings is 1. The van der Waals surface area contributed by atoms with Crippen LogP contribution in [0.5, 0.6) is 0 Å². The fraction of sp³-hybridized carbons (Fsp3) is 0.538. The van der Waals surface area contributed by atoms with E-state index in [0.29, 0.717) is 0 Å². The molecule has 0 spiro atoms. The van der Waals surface area contributed by atoms with Crippen molar-refractivity contribution in [1.82, 2.24) is 4.90 Å². The van der Waals surface area contributed by atoms with Gasteiger partial charge in [0.25, 0.3) is 6.43 Å². The van der Waals surface area contributed by atoms with E-state index < -0.39 is 13.0 Å². The van der Waals surface area contributed by atoms with Crippen LogP contribution in [0.4, 0.5) is 8.78 Å². The lowest BCUT2D eigenvalue weighted by atomic mass is 9.99. The molecule has 2 atom stereocenters. The summed E-state index contributed by atoms with van der Waals surface area (Å²) in [5, 5.41) is 9.06. The zero-order chi connectivity index (χ0) is 14.4. The average molecular weight is 337 g/mol. The van der Waals surface area contributed by atoms with Crippen molar-refractivity contribution in [3.63, 3.8) is 0 Å². The number of hydrogen-bond donors (Lipinski definition) is 2. The second-order valence-electron chi connectivity index (χ2n) is 4.44. The highest BCUT2D eigenvalue weighted by Gasteiger charge is 2.27. The van der Waals surface area contributed by atoms with Gasteiger partial charge in [0.05, 0.1) is 19.2 Å². The van der Waals surface area contributed by atoms with E-state index in [-0.39, 0.29) is 25.2 Å². The Kier molecular flexibility index (Phi) is 6.85. The third-order valence-corrected chi connectivity index (χ3v) is 3.60. The first kappa shape index (κ1) is 16.5. The Balaban J connectivity index is 3.06. The molecule has 0 aliphatic carbocycles. The summed E-state index contributed by atoms with van der Waals surface area (Å²) in [4.78, 5) is 1.52. The molecule has 3 nitrogen and oxygen atoms in total. The third-order valence-electron chi connectivity index (χ3n) is 2.88. The van der Waals surface area contributed by atoms with Crippen LogP contribution in [0.1, 0.15) is 18.5 Å². The molecule has 19 heavy (non-hydrogen) atoms. The molecule has 108 valence electrons. The summed E-state index contributed by atoms with van der Waals surface area (Å²) >= 11 is 3.42. The van der Waals surface area contributed by atoms with Crippen molar-refractivity contribution in [3.05, 3.63) is 34.3 Å². The first-order valence-electron chi connectivity index (χ1n) is 6.10. The Hall–Kier alpha value is -0.560. The van der Waals surface area contributed by atoms with Crippen LogP contribution in [0.2, 0.25) is 0 Å². The maximum Gasteiger partial charge on any atom is 0.251 e. The van der Waals surface area contributed by atoms with Crippen LogP contribution in [0.3, 0.4) is 0 Å². The normalized spacial score (nSPS) is 14.9. The molecule has 0 saturated heterocycles. The number of nitrogens with zero attached hydrogens (tertiary/aromatic N) is 1. The van der Waals surface area contributed by atoms with Crippen LogP contribution in [0, 0.1) is 0 Å². The molecule has 1 aromatic rings. The van der Waals surface area contributed by atoms with Crippen molar-refractivity contribution in [3.8, 4) is 0 Å². The van der Waals surface area contributed by atoms with Crippen molar-refractivity contribution in [1.29, 1.82) is 0 Å². The van der Waals surface area contributed by atoms with E-state index in [9.17, 15) is 8.78 Å². The van der Waals surface area contributed by atoms with E-state index in [1.807, 2.05) is 24.3 Å². The first-order chi connectivity index (χ1) is 8.97. The third kappa shape index (κ3) is 4.80. The molecule has 0 aliphatic rings. The lowest BCUT2D eigenvalue weighted by molar-refractivity contribution is 0.0485. The number of halogens is 3. The van der Waals surface area contributed by atoms with E-state index >= 15 is 0 Å². The predicted octanol–water partition coefficient (Wildman–Crippen LogP) is 2.40. The Morgan fingerprint density at radius 3 is 2.47 bits per heavy atom. The van der Waals surface area contributed by atoms with Gasteiger partial charge in [-0.2, -0.15) is 0 Å². The minimum Gasteiger partial charge on any atom is -0.395 e. The Morgan fingerprint density at radius 1 is 1.37 bits per heavy atom. The zero-order valence-electron chi connectivity index (χ0n) is 10.8. The summed E-state index contributed by atoms with van der Waals surface area (Å²) in [6, 6.07) is 6.71. The predicted molar refractivity (Wildman–Crippen MR) is 75.2 cm³/mol. The van der Waals surface area contributed by atoms with Crippen molar-refractivity contribution < 1.29 is 13.9 Å². The molecule has 1 aromatic carbocycles. The Morgan fingerprint density at radius 2 is 2.00 bits per heavy atom. The van der Waals surface area contributed by atoms with E-state index in [1.165, 1.54) is 4.90 Å². The minimum atomic E-state index is -2.46. The molecule has 0 saturated carbocycles. The van der Waals surface area contributed by atoms with E-state index in [0.717, 1.165) is 10.0 Å². The summed E-state index contributed by atoms with van der Waals surface area (Å²) in [6.07, 6.45) is -2.46. The van der Waals surface area contributed by atoms with Crippen molar-refractivity contribution >= 4 is 15.9 Å². The van der Waals surface area contributed by atoms with Crippen molar-refractivity contribution in [2.24, 2.45) is 5.73 Å². The van der Waals surface area contributed by atoms with Gasteiger partial charge in [-0.25, -0.2) is 8.78 Å². The molecule has 0 aromatic heterocycles. The highest BCUT2D eigenvalue weighted by molar-refractivity contribution is 9.10. The van der Waals surface area contributed by atoms with Gasteiger partial charge in [0.15, 0.2) is 0 Å². The molecule has 0 radical (unpaired) electrons. The lowest BCUT2D eigenvalue weighted by Gasteiger charge is -2.34. The van der Waals surface area contributed by atoms with E-state index in [1.54, 1.807) is 6.92 Å². The molecule has 0 amide bonds. The van der Waals surface area contributed by atoms with Gasteiger partial charge in [-0.1, -0.05) is 34.1 Å². The molecule has 2 unspecified atom stereocenters. The van der Waals surface area contributed by atoms with E-state index in [2.05, 4.69) is 15.9 Å². The van der Waals surface area contributed by atoms with Crippen LogP contribution < -0.4 is 5.73 Å². The van der Waals surface area contributed by atoms with Crippen LogP contribution in [-0.4, -0.2) is 42.2 Å². The van der Waals surface area contributed by atoms with Crippen LogP contribution in [0.15, 0.2) is 28.7 Å². The molecule has 6 heteroatoms. The fourth-order valence-corrected chi connectivity index (χ4v) is 2.70. The first-order valence-corrected chi connectivity index (χ1v) is 6.89. The van der Waals surface area contributed by atoms with Crippen LogP contribution >= 0.6 is 15.9 Å². The summed E-state index contributed by atoms with van der Waals surface area (Å²) in [7, 11) is 0. The monoisotopic (exact) mass is 336 g/mol. The Bertz CT molecular complexity index is 391. The van der Waals surface area contributed by atoms with Crippen LogP contribution in [0.25, 0.3) is 0 Å². The summed E-state index contributed by atoms with van der Waals surface area (Å²) in [5.41, 5.74) is 6.81. The van der Waals surface area contributed by atoms with Gasteiger partial charge in [-0.05, 0) is 18.6 Å². The number of aliphatic hydroxyl groups excluding tert-OH is 1. The topological polar surface area (TPSA) is 49.5 Å². The standard InChI is InChI=1S/C13H19BrF2N2O/c1-9(17)13(10-4-2-3-5-11(10)14)18(6-7-19)8-12(15)16/h2-5,9,12-13,19H,6-8,17H2,1H3. The summed E-state index contributed by atoms with van der Waals surface area (Å²) in [6.45, 7) is 1.35. The van der Waals surface area contributed by atoms with Gasteiger partial charge in [-0.3, -0.25) is 4.90 Å². The van der Waals surface area contributed by atoms with Crippen molar-refractivity contribution in [2.45, 2.75) is 25.4 Å². The zero-order valence-corrected chi connectivity index (χ0v) is 12.4. The van der Waals surface area contributed by atoms with E-state index in [4.69, 9.17) is 10.8 Å². The molecular formula is C13H19BrF2N2O. The van der Waals surface area contributed by atoms with Gasteiger partial charge < -0.3 is 10.8 Å². The number of hydrogen-bond acceptors (Lipinski definition) is 3. The molecule has 0 heterocycles. The summed E-state index contributed by atoms with van der Waals surface area (Å²) in [5.74, 6) is 0. The van der Waals surface area contributed by atoms with Gasteiger partial charge in [0, 0.05) is 17.1 Å². The van der Waals surface area contributed by atoms with Gasteiger partial charge in [0.2, 0.25) is 0 Å². The highest BCUT2D eigenvalue weighted by Crippen LogP contribution is 2.30.